The number of rotatable bonds is 5. The molecule has 2 aliphatic heterocycles. The van der Waals surface area contributed by atoms with Crippen molar-refractivity contribution in [1.29, 1.82) is 0 Å². The fraction of sp³-hybridized carbons (Fsp3) is 0.526. The monoisotopic (exact) mass is 362 g/mol. The lowest BCUT2D eigenvalue weighted by Gasteiger charge is -2.35. The van der Waals surface area contributed by atoms with Gasteiger partial charge in [0, 0.05) is 19.1 Å². The minimum absolute atomic E-state index is 0.127. The summed E-state index contributed by atoms with van der Waals surface area (Å²) in [5.74, 6) is -0.936. The molecule has 0 N–H and O–H groups in total. The van der Waals surface area contributed by atoms with Crippen molar-refractivity contribution >= 4 is 18.7 Å². The third kappa shape index (κ3) is 3.62. The van der Waals surface area contributed by atoms with Gasteiger partial charge in [-0.3, -0.25) is 9.79 Å². The van der Waals surface area contributed by atoms with Gasteiger partial charge in [-0.2, -0.15) is 0 Å². The number of carbonyl (C=O) groups is 2. The highest BCUT2D eigenvalue weighted by Crippen LogP contribution is 2.37. The predicted octanol–water partition coefficient (Wildman–Crippen LogP) is 2.77. The van der Waals surface area contributed by atoms with Gasteiger partial charge in [-0.1, -0.05) is 12.1 Å². The molecule has 0 bridgehead atoms. The van der Waals surface area contributed by atoms with Crippen molar-refractivity contribution in [2.75, 3.05) is 19.8 Å². The van der Waals surface area contributed by atoms with Gasteiger partial charge in [-0.15, -0.1) is 0 Å². The predicted molar refractivity (Wildman–Crippen MR) is 93.7 cm³/mol. The Labute approximate surface area is 152 Å². The number of halogens is 1. The lowest BCUT2D eigenvalue weighted by Crippen LogP contribution is -2.46. The topological polar surface area (TPSA) is 68.2 Å². The molecule has 2 amide bonds. The van der Waals surface area contributed by atoms with E-state index in [1.165, 1.54) is 12.1 Å². The van der Waals surface area contributed by atoms with Crippen molar-refractivity contribution in [2.45, 2.75) is 37.8 Å². The maximum atomic E-state index is 13.4. The van der Waals surface area contributed by atoms with E-state index in [1.54, 1.807) is 19.1 Å². The van der Waals surface area contributed by atoms with Crippen LogP contribution in [0.2, 0.25) is 0 Å². The van der Waals surface area contributed by atoms with Gasteiger partial charge in [0.05, 0.1) is 6.04 Å². The van der Waals surface area contributed by atoms with E-state index in [9.17, 15) is 14.0 Å². The van der Waals surface area contributed by atoms with Gasteiger partial charge in [0.25, 0.3) is 5.91 Å². The zero-order valence-electron chi connectivity index (χ0n) is 14.8. The van der Waals surface area contributed by atoms with Gasteiger partial charge < -0.3 is 9.47 Å². The number of nitrogens with zero attached hydrogens (tertiary/aromatic N) is 2. The third-order valence-electron chi connectivity index (χ3n) is 5.14. The fourth-order valence-corrected chi connectivity index (χ4v) is 3.78. The molecule has 1 aromatic carbocycles. The van der Waals surface area contributed by atoms with Crippen molar-refractivity contribution in [3.63, 3.8) is 0 Å². The Balaban J connectivity index is 1.94. The number of cyclic esters (lactones) is 1. The van der Waals surface area contributed by atoms with E-state index < -0.39 is 18.0 Å². The van der Waals surface area contributed by atoms with Crippen LogP contribution in [0.1, 0.15) is 31.2 Å². The third-order valence-corrected chi connectivity index (χ3v) is 5.14. The van der Waals surface area contributed by atoms with Crippen molar-refractivity contribution in [2.24, 2.45) is 10.9 Å². The largest absolute Gasteiger partial charge is 0.447 e. The molecule has 2 saturated heterocycles. The van der Waals surface area contributed by atoms with Crippen LogP contribution in [0.5, 0.6) is 0 Å². The van der Waals surface area contributed by atoms with Crippen LogP contribution in [0.25, 0.3) is 0 Å². The summed E-state index contributed by atoms with van der Waals surface area (Å²) in [5.41, 5.74) is 0.810. The zero-order valence-corrected chi connectivity index (χ0v) is 14.8. The maximum absolute atomic E-state index is 13.4. The van der Waals surface area contributed by atoms with Crippen LogP contribution in [0.15, 0.2) is 29.3 Å². The second-order valence-electron chi connectivity index (χ2n) is 6.79. The maximum Gasteiger partial charge on any atom is 0.417 e. The fourth-order valence-electron chi connectivity index (χ4n) is 3.78. The van der Waals surface area contributed by atoms with Crippen LogP contribution in [0, 0.1) is 11.7 Å². The van der Waals surface area contributed by atoms with Crippen LogP contribution in [-0.4, -0.2) is 55.5 Å². The SMILES string of the molecule is C=N[C@H](C(=O)N1C(=O)OC[C@@H]1C)[C@@H](c1ccc(F)cc1)C1CCOCC1. The van der Waals surface area contributed by atoms with E-state index in [-0.39, 0.29) is 30.3 Å². The molecule has 2 aliphatic rings. The standard InChI is InChI=1S/C19H23FN2O4/c1-12-11-26-19(24)22(12)18(23)17(21-2)16(14-7-9-25-10-8-14)13-3-5-15(20)6-4-13/h3-6,12,14,16-17H,2,7-11H2,1H3/t12-,16-,17-/m0/s1. The Bertz CT molecular complexity index is 673. The van der Waals surface area contributed by atoms with Crippen LogP contribution >= 0.6 is 0 Å². The molecule has 3 atom stereocenters. The highest BCUT2D eigenvalue weighted by Gasteiger charge is 2.43. The number of ether oxygens (including phenoxy) is 2. The molecule has 0 spiro atoms. The number of aliphatic imine (C=N–C) groups is 1. The van der Waals surface area contributed by atoms with Crippen molar-refractivity contribution in [1.82, 2.24) is 4.90 Å². The number of hydrogen-bond acceptors (Lipinski definition) is 5. The van der Waals surface area contributed by atoms with Gasteiger partial charge in [-0.25, -0.2) is 14.1 Å². The van der Waals surface area contributed by atoms with Gasteiger partial charge in [-0.05, 0) is 50.1 Å². The van der Waals surface area contributed by atoms with Crippen molar-refractivity contribution in [3.8, 4) is 0 Å². The van der Waals surface area contributed by atoms with Crippen molar-refractivity contribution < 1.29 is 23.5 Å². The zero-order chi connectivity index (χ0) is 18.7. The second-order valence-corrected chi connectivity index (χ2v) is 6.79. The molecule has 0 aromatic heterocycles. The first-order valence-corrected chi connectivity index (χ1v) is 8.81. The number of hydrogen-bond donors (Lipinski definition) is 0. The summed E-state index contributed by atoms with van der Waals surface area (Å²) in [6, 6.07) is 4.91. The van der Waals surface area contributed by atoms with Crippen LogP contribution in [0.3, 0.4) is 0 Å². The molecule has 0 unspecified atom stereocenters. The highest BCUT2D eigenvalue weighted by atomic mass is 19.1. The highest BCUT2D eigenvalue weighted by molar-refractivity contribution is 5.97. The molecule has 3 rings (SSSR count). The molecule has 140 valence electrons. The first-order valence-electron chi connectivity index (χ1n) is 8.81. The first-order chi connectivity index (χ1) is 12.5. The molecule has 0 aliphatic carbocycles. The first kappa shape index (κ1) is 18.5. The molecule has 1 aromatic rings. The summed E-state index contributed by atoms with van der Waals surface area (Å²) in [4.78, 5) is 30.3. The summed E-state index contributed by atoms with van der Waals surface area (Å²) in [6.07, 6.45) is 0.879. The Hall–Kier alpha value is -2.28. The van der Waals surface area contributed by atoms with Gasteiger partial charge >= 0.3 is 6.09 Å². The average molecular weight is 362 g/mol. The Kier molecular flexibility index (Phi) is 5.66. The average Bonchev–Trinajstić information content (AvgIpc) is 2.99. The normalized spacial score (nSPS) is 23.4. The Morgan fingerprint density at radius 3 is 2.50 bits per heavy atom. The minimum Gasteiger partial charge on any atom is -0.447 e. The molecule has 26 heavy (non-hydrogen) atoms. The van der Waals surface area contributed by atoms with E-state index in [0.717, 1.165) is 23.3 Å². The molecular formula is C19H23FN2O4. The van der Waals surface area contributed by atoms with Gasteiger partial charge in [0.1, 0.15) is 18.5 Å². The van der Waals surface area contributed by atoms with Crippen LogP contribution in [0.4, 0.5) is 9.18 Å². The Morgan fingerprint density at radius 2 is 1.96 bits per heavy atom. The smallest absolute Gasteiger partial charge is 0.417 e. The number of amides is 2. The molecule has 2 fully saturated rings. The van der Waals surface area contributed by atoms with Gasteiger partial charge in [0.15, 0.2) is 0 Å². The molecular weight excluding hydrogens is 339 g/mol. The molecule has 2 heterocycles. The van der Waals surface area contributed by atoms with Gasteiger partial charge in [0.2, 0.25) is 0 Å². The van der Waals surface area contributed by atoms with E-state index in [1.807, 2.05) is 0 Å². The van der Waals surface area contributed by atoms with Crippen LogP contribution in [-0.2, 0) is 14.3 Å². The van der Waals surface area contributed by atoms with E-state index in [0.29, 0.717) is 13.2 Å². The molecule has 0 radical (unpaired) electrons. The van der Waals surface area contributed by atoms with E-state index in [2.05, 4.69) is 11.7 Å². The lowest BCUT2D eigenvalue weighted by molar-refractivity contribution is -0.131. The number of imide groups is 1. The number of benzene rings is 1. The molecule has 6 nitrogen and oxygen atoms in total. The summed E-state index contributed by atoms with van der Waals surface area (Å²) in [7, 11) is 0. The van der Waals surface area contributed by atoms with Crippen molar-refractivity contribution in [3.05, 3.63) is 35.6 Å². The Morgan fingerprint density at radius 1 is 1.31 bits per heavy atom. The second kappa shape index (κ2) is 7.95. The van der Waals surface area contributed by atoms with Crippen LogP contribution < -0.4 is 0 Å². The minimum atomic E-state index is -0.836. The quantitative estimate of drug-likeness (QED) is 0.756. The summed E-state index contributed by atoms with van der Waals surface area (Å²) in [6.45, 7) is 6.73. The summed E-state index contributed by atoms with van der Waals surface area (Å²) >= 11 is 0. The molecule has 0 saturated carbocycles. The summed E-state index contributed by atoms with van der Waals surface area (Å²) in [5, 5.41) is 0. The molecule has 7 heteroatoms. The lowest BCUT2D eigenvalue weighted by atomic mass is 9.76. The van der Waals surface area contributed by atoms with E-state index >= 15 is 0 Å². The van der Waals surface area contributed by atoms with E-state index in [4.69, 9.17) is 9.47 Å². The number of carbonyl (C=O) groups excluding carboxylic acids is 2. The summed E-state index contributed by atoms with van der Waals surface area (Å²) < 4.78 is 23.8.